The average Bonchev–Trinajstić information content (AvgIpc) is 2.45. The van der Waals surface area contributed by atoms with E-state index in [4.69, 9.17) is 0 Å². The molecular formula is C21H48N2. The highest BCUT2D eigenvalue weighted by Gasteiger charge is 2.15. The van der Waals surface area contributed by atoms with E-state index in [2.05, 4.69) is 72.1 Å². The van der Waals surface area contributed by atoms with E-state index in [0.717, 1.165) is 0 Å². The van der Waals surface area contributed by atoms with Gasteiger partial charge in [-0.1, -0.05) is 40.0 Å². The van der Waals surface area contributed by atoms with Crippen molar-refractivity contribution in [2.45, 2.75) is 119 Å². The lowest BCUT2D eigenvalue weighted by Gasteiger charge is -2.34. The minimum Gasteiger partial charge on any atom is -0.303 e. The van der Waals surface area contributed by atoms with E-state index < -0.39 is 0 Å². The zero-order chi connectivity index (χ0) is 18.3. The van der Waals surface area contributed by atoms with Gasteiger partial charge in [0.2, 0.25) is 0 Å². The van der Waals surface area contributed by atoms with Crippen LogP contribution in [0.1, 0.15) is 101 Å². The van der Waals surface area contributed by atoms with Crippen molar-refractivity contribution in [2.24, 2.45) is 0 Å². The van der Waals surface area contributed by atoms with Gasteiger partial charge in [0, 0.05) is 18.1 Å². The zero-order valence-corrected chi connectivity index (χ0v) is 18.0. The number of nitrogens with zero attached hydrogens (tertiary/aromatic N) is 2. The van der Waals surface area contributed by atoms with Crippen molar-refractivity contribution in [1.82, 2.24) is 9.80 Å². The summed E-state index contributed by atoms with van der Waals surface area (Å²) in [4.78, 5) is 5.14. The molecule has 0 unspecified atom stereocenters. The molecule has 0 amide bonds. The minimum absolute atomic E-state index is 0.667. The molecule has 0 aromatic heterocycles. The van der Waals surface area contributed by atoms with Crippen molar-refractivity contribution in [3.8, 4) is 0 Å². The first-order valence-electron chi connectivity index (χ1n) is 10.3. The molecular weight excluding hydrogens is 280 g/mol. The summed E-state index contributed by atoms with van der Waals surface area (Å²) in [6, 6.07) is 2.00. The van der Waals surface area contributed by atoms with E-state index in [0.29, 0.717) is 18.1 Å². The third-order valence-corrected chi connectivity index (χ3v) is 4.27. The standard InChI is InChI=1S/C12H27N.C9H21N/c1-4-7-10-13(11-8-5-2)12-9-6-3;1-7(2)10(8(3)4)9(5)6/h4-12H2,1-3H3;7-9H,1-6H3. The van der Waals surface area contributed by atoms with Crippen LogP contribution in [0.15, 0.2) is 0 Å². The summed E-state index contributed by atoms with van der Waals surface area (Å²) in [5.74, 6) is 0. The van der Waals surface area contributed by atoms with Crippen LogP contribution in [0.25, 0.3) is 0 Å². The fourth-order valence-electron chi connectivity index (χ4n) is 3.27. The van der Waals surface area contributed by atoms with Crippen molar-refractivity contribution in [3.05, 3.63) is 0 Å². The first kappa shape index (κ1) is 25.2. The molecule has 0 saturated carbocycles. The Labute approximate surface area is 149 Å². The van der Waals surface area contributed by atoms with Crippen molar-refractivity contribution < 1.29 is 0 Å². The number of unbranched alkanes of at least 4 members (excludes halogenated alkanes) is 3. The highest BCUT2D eigenvalue weighted by molar-refractivity contribution is 4.70. The Kier molecular flexibility index (Phi) is 18.3. The van der Waals surface area contributed by atoms with Crippen LogP contribution < -0.4 is 0 Å². The fourth-order valence-corrected chi connectivity index (χ4v) is 3.27. The Morgan fingerprint density at radius 3 is 0.913 bits per heavy atom. The van der Waals surface area contributed by atoms with Gasteiger partial charge in [0.1, 0.15) is 0 Å². The molecule has 0 N–H and O–H groups in total. The third-order valence-electron chi connectivity index (χ3n) is 4.27. The van der Waals surface area contributed by atoms with Crippen molar-refractivity contribution in [1.29, 1.82) is 0 Å². The minimum atomic E-state index is 0.667. The average molecular weight is 329 g/mol. The van der Waals surface area contributed by atoms with Crippen LogP contribution in [-0.4, -0.2) is 47.6 Å². The van der Waals surface area contributed by atoms with Crippen LogP contribution in [0.2, 0.25) is 0 Å². The quantitative estimate of drug-likeness (QED) is 0.420. The summed E-state index contributed by atoms with van der Waals surface area (Å²) in [5.41, 5.74) is 0. The molecule has 0 heterocycles. The normalized spacial score (nSPS) is 11.7. The monoisotopic (exact) mass is 328 g/mol. The summed E-state index contributed by atoms with van der Waals surface area (Å²) in [5, 5.41) is 0. The Bertz CT molecular complexity index is 186. The summed E-state index contributed by atoms with van der Waals surface area (Å²) in [6.07, 6.45) is 8.09. The van der Waals surface area contributed by atoms with Crippen LogP contribution in [0.3, 0.4) is 0 Å². The number of hydrogen-bond acceptors (Lipinski definition) is 2. The van der Waals surface area contributed by atoms with Gasteiger partial charge in [-0.2, -0.15) is 0 Å². The lowest BCUT2D eigenvalue weighted by molar-refractivity contribution is 0.133. The molecule has 0 rings (SSSR count). The van der Waals surface area contributed by atoms with E-state index in [9.17, 15) is 0 Å². The SMILES string of the molecule is CC(C)N(C(C)C)C(C)C.CCCCN(CCCC)CCCC. The largest absolute Gasteiger partial charge is 0.303 e. The molecule has 0 aliphatic heterocycles. The van der Waals surface area contributed by atoms with Gasteiger partial charge in [0.25, 0.3) is 0 Å². The van der Waals surface area contributed by atoms with E-state index in [1.165, 1.54) is 58.2 Å². The van der Waals surface area contributed by atoms with Gasteiger partial charge in [0.05, 0.1) is 0 Å². The van der Waals surface area contributed by atoms with Crippen molar-refractivity contribution in [2.75, 3.05) is 19.6 Å². The highest BCUT2D eigenvalue weighted by Crippen LogP contribution is 2.09. The van der Waals surface area contributed by atoms with Gasteiger partial charge in [-0.05, 0) is 80.4 Å². The second-order valence-electron chi connectivity index (χ2n) is 7.63. The fraction of sp³-hybridized carbons (Fsp3) is 1.00. The Balaban J connectivity index is 0. The molecule has 0 spiro atoms. The lowest BCUT2D eigenvalue weighted by Crippen LogP contribution is -2.42. The zero-order valence-electron chi connectivity index (χ0n) is 18.0. The van der Waals surface area contributed by atoms with E-state index in [1.54, 1.807) is 0 Å². The topological polar surface area (TPSA) is 6.48 Å². The molecule has 0 fully saturated rings. The maximum atomic E-state index is 2.64. The van der Waals surface area contributed by atoms with Crippen LogP contribution in [0.4, 0.5) is 0 Å². The van der Waals surface area contributed by atoms with Gasteiger partial charge < -0.3 is 4.90 Å². The van der Waals surface area contributed by atoms with E-state index in [-0.39, 0.29) is 0 Å². The predicted molar refractivity (Wildman–Crippen MR) is 108 cm³/mol. The molecule has 0 aromatic carbocycles. The maximum absolute atomic E-state index is 2.64. The number of rotatable bonds is 12. The molecule has 2 nitrogen and oxygen atoms in total. The smallest absolute Gasteiger partial charge is 0.00439 e. The van der Waals surface area contributed by atoms with Gasteiger partial charge >= 0.3 is 0 Å². The maximum Gasteiger partial charge on any atom is 0.00439 e. The Morgan fingerprint density at radius 1 is 0.522 bits per heavy atom. The molecule has 23 heavy (non-hydrogen) atoms. The van der Waals surface area contributed by atoms with Crippen LogP contribution in [0.5, 0.6) is 0 Å². The molecule has 0 aliphatic carbocycles. The molecule has 0 aliphatic rings. The molecule has 0 atom stereocenters. The van der Waals surface area contributed by atoms with Crippen LogP contribution >= 0.6 is 0 Å². The van der Waals surface area contributed by atoms with E-state index in [1.807, 2.05) is 0 Å². The molecule has 0 aromatic rings. The number of hydrogen-bond donors (Lipinski definition) is 0. The molecule has 2 heteroatoms. The second kappa shape index (κ2) is 16.8. The lowest BCUT2D eigenvalue weighted by atomic mass is 10.2. The van der Waals surface area contributed by atoms with Crippen molar-refractivity contribution >= 4 is 0 Å². The van der Waals surface area contributed by atoms with Crippen LogP contribution in [0, 0.1) is 0 Å². The Hall–Kier alpha value is -0.0800. The van der Waals surface area contributed by atoms with Gasteiger partial charge in [-0.15, -0.1) is 0 Å². The summed E-state index contributed by atoms with van der Waals surface area (Å²) in [6.45, 7) is 24.3. The first-order valence-corrected chi connectivity index (χ1v) is 10.3. The summed E-state index contributed by atoms with van der Waals surface area (Å²) >= 11 is 0. The third kappa shape index (κ3) is 15.2. The van der Waals surface area contributed by atoms with Gasteiger partial charge in [-0.25, -0.2) is 0 Å². The molecule has 0 radical (unpaired) electrons. The van der Waals surface area contributed by atoms with Gasteiger partial charge in [-0.3, -0.25) is 4.90 Å². The second-order valence-corrected chi connectivity index (χ2v) is 7.63. The van der Waals surface area contributed by atoms with E-state index >= 15 is 0 Å². The first-order chi connectivity index (χ1) is 10.8. The van der Waals surface area contributed by atoms with Crippen molar-refractivity contribution in [3.63, 3.8) is 0 Å². The molecule has 0 bridgehead atoms. The highest BCUT2D eigenvalue weighted by atomic mass is 15.2. The Morgan fingerprint density at radius 2 is 0.783 bits per heavy atom. The molecule has 0 saturated heterocycles. The van der Waals surface area contributed by atoms with Crippen LogP contribution in [-0.2, 0) is 0 Å². The summed E-state index contributed by atoms with van der Waals surface area (Å²) < 4.78 is 0. The summed E-state index contributed by atoms with van der Waals surface area (Å²) in [7, 11) is 0. The predicted octanol–water partition coefficient (Wildman–Crippen LogP) is 6.20. The molecule has 142 valence electrons. The van der Waals surface area contributed by atoms with Gasteiger partial charge in [0.15, 0.2) is 0 Å².